The first kappa shape index (κ1) is 12.4. The van der Waals surface area contributed by atoms with Crippen LogP contribution in [0.2, 0.25) is 0 Å². The SMILES string of the molecule is Cc1cccc(C2CC(=O)Nc3nc(N)[nH]c(=O)c32)c1. The quantitative estimate of drug-likeness (QED) is 0.723. The van der Waals surface area contributed by atoms with E-state index < -0.39 is 0 Å². The third-order valence-electron chi connectivity index (χ3n) is 3.41. The monoisotopic (exact) mass is 270 g/mol. The number of carbonyl (C=O) groups is 1. The van der Waals surface area contributed by atoms with E-state index in [2.05, 4.69) is 15.3 Å². The van der Waals surface area contributed by atoms with E-state index in [9.17, 15) is 9.59 Å². The number of nitrogens with zero attached hydrogens (tertiary/aromatic N) is 1. The molecule has 3 rings (SSSR count). The predicted molar refractivity (Wildman–Crippen MR) is 75.5 cm³/mol. The highest BCUT2D eigenvalue weighted by Crippen LogP contribution is 2.33. The van der Waals surface area contributed by atoms with Crippen LogP contribution in [0.4, 0.5) is 11.8 Å². The fourth-order valence-corrected chi connectivity index (χ4v) is 2.56. The fourth-order valence-electron chi connectivity index (χ4n) is 2.56. The maximum Gasteiger partial charge on any atom is 0.258 e. The number of aromatic amines is 1. The number of hydrogen-bond donors (Lipinski definition) is 3. The minimum absolute atomic E-state index is 0.000979. The number of nitrogens with two attached hydrogens (primary N) is 1. The van der Waals surface area contributed by atoms with E-state index in [4.69, 9.17) is 5.73 Å². The van der Waals surface area contributed by atoms with Crippen molar-refractivity contribution in [2.75, 3.05) is 11.1 Å². The molecular weight excluding hydrogens is 256 g/mol. The number of nitrogen functional groups attached to an aromatic ring is 1. The van der Waals surface area contributed by atoms with E-state index in [0.29, 0.717) is 5.56 Å². The number of benzene rings is 1. The topological polar surface area (TPSA) is 101 Å². The van der Waals surface area contributed by atoms with Gasteiger partial charge in [0.15, 0.2) is 0 Å². The van der Waals surface area contributed by atoms with Gasteiger partial charge in [0.25, 0.3) is 5.56 Å². The highest BCUT2D eigenvalue weighted by molar-refractivity contribution is 5.94. The number of aryl methyl sites for hydroxylation is 1. The van der Waals surface area contributed by atoms with Crippen molar-refractivity contribution in [3.8, 4) is 0 Å². The number of rotatable bonds is 1. The van der Waals surface area contributed by atoms with Crippen molar-refractivity contribution in [3.05, 3.63) is 51.3 Å². The molecule has 2 heterocycles. The second kappa shape index (κ2) is 4.48. The molecule has 0 radical (unpaired) electrons. The molecule has 1 aromatic carbocycles. The number of anilines is 2. The molecule has 1 amide bonds. The van der Waals surface area contributed by atoms with Crippen LogP contribution in [-0.2, 0) is 4.79 Å². The number of carbonyl (C=O) groups excluding carboxylic acids is 1. The van der Waals surface area contributed by atoms with Crippen LogP contribution in [0.1, 0.15) is 29.0 Å². The number of fused-ring (bicyclic) bond motifs is 1. The van der Waals surface area contributed by atoms with Crippen molar-refractivity contribution < 1.29 is 4.79 Å². The summed E-state index contributed by atoms with van der Waals surface area (Å²) in [5, 5.41) is 2.61. The van der Waals surface area contributed by atoms with Crippen molar-refractivity contribution in [2.45, 2.75) is 19.3 Å². The van der Waals surface area contributed by atoms with Crippen LogP contribution < -0.4 is 16.6 Å². The lowest BCUT2D eigenvalue weighted by molar-refractivity contribution is -0.116. The summed E-state index contributed by atoms with van der Waals surface area (Å²) in [4.78, 5) is 30.4. The van der Waals surface area contributed by atoms with Gasteiger partial charge in [-0.25, -0.2) is 0 Å². The normalized spacial score (nSPS) is 17.4. The molecule has 1 atom stereocenters. The molecule has 4 N–H and O–H groups in total. The number of aromatic nitrogens is 2. The molecule has 0 fully saturated rings. The van der Waals surface area contributed by atoms with Gasteiger partial charge in [-0.3, -0.25) is 14.6 Å². The zero-order valence-corrected chi connectivity index (χ0v) is 10.9. The first-order valence-electron chi connectivity index (χ1n) is 6.30. The Bertz CT molecular complexity index is 751. The Morgan fingerprint density at radius 3 is 2.90 bits per heavy atom. The van der Waals surface area contributed by atoms with Crippen LogP contribution in [0.25, 0.3) is 0 Å². The largest absolute Gasteiger partial charge is 0.369 e. The predicted octanol–water partition coefficient (Wildman–Crippen LogP) is 1.13. The van der Waals surface area contributed by atoms with Crippen molar-refractivity contribution in [1.82, 2.24) is 9.97 Å². The molecule has 102 valence electrons. The lowest BCUT2D eigenvalue weighted by atomic mass is 9.86. The minimum Gasteiger partial charge on any atom is -0.369 e. The first-order valence-corrected chi connectivity index (χ1v) is 6.30. The van der Waals surface area contributed by atoms with E-state index in [0.717, 1.165) is 11.1 Å². The molecular formula is C14H14N4O2. The van der Waals surface area contributed by atoms with E-state index in [1.165, 1.54) is 0 Å². The molecule has 2 aromatic rings. The summed E-state index contributed by atoms with van der Waals surface area (Å²) in [6, 6.07) is 7.77. The zero-order valence-electron chi connectivity index (χ0n) is 10.9. The van der Waals surface area contributed by atoms with Gasteiger partial charge in [-0.15, -0.1) is 0 Å². The summed E-state index contributed by atoms with van der Waals surface area (Å²) in [6.45, 7) is 1.97. The van der Waals surface area contributed by atoms with Gasteiger partial charge in [0, 0.05) is 12.3 Å². The van der Waals surface area contributed by atoms with Gasteiger partial charge in [0.05, 0.1) is 5.56 Å². The summed E-state index contributed by atoms with van der Waals surface area (Å²) in [6.07, 6.45) is 0.227. The van der Waals surface area contributed by atoms with Crippen LogP contribution in [0.15, 0.2) is 29.1 Å². The summed E-state index contributed by atoms with van der Waals surface area (Å²) >= 11 is 0. The number of hydrogen-bond acceptors (Lipinski definition) is 4. The lowest BCUT2D eigenvalue weighted by Crippen LogP contribution is -2.31. The Morgan fingerprint density at radius 1 is 1.35 bits per heavy atom. The second-order valence-corrected chi connectivity index (χ2v) is 4.93. The van der Waals surface area contributed by atoms with Gasteiger partial charge in [-0.2, -0.15) is 4.98 Å². The molecule has 1 aliphatic heterocycles. The number of nitrogens with one attached hydrogen (secondary N) is 2. The van der Waals surface area contributed by atoms with E-state index in [-0.39, 0.29) is 35.6 Å². The molecule has 1 aromatic heterocycles. The Balaban J connectivity index is 2.20. The van der Waals surface area contributed by atoms with E-state index >= 15 is 0 Å². The zero-order chi connectivity index (χ0) is 14.3. The van der Waals surface area contributed by atoms with Crippen LogP contribution >= 0.6 is 0 Å². The summed E-state index contributed by atoms with van der Waals surface area (Å²) < 4.78 is 0. The molecule has 1 aliphatic rings. The van der Waals surface area contributed by atoms with Gasteiger partial charge in [-0.05, 0) is 12.5 Å². The van der Waals surface area contributed by atoms with Gasteiger partial charge in [0.2, 0.25) is 11.9 Å². The van der Waals surface area contributed by atoms with Gasteiger partial charge < -0.3 is 11.1 Å². The molecule has 6 nitrogen and oxygen atoms in total. The molecule has 0 saturated heterocycles. The number of H-pyrrole nitrogens is 1. The van der Waals surface area contributed by atoms with Crippen LogP contribution in [0.3, 0.4) is 0 Å². The van der Waals surface area contributed by atoms with Crippen molar-refractivity contribution in [1.29, 1.82) is 0 Å². The molecule has 1 unspecified atom stereocenters. The summed E-state index contributed by atoms with van der Waals surface area (Å²) in [5.41, 5.74) is 7.68. The molecule has 0 spiro atoms. The highest BCUT2D eigenvalue weighted by Gasteiger charge is 2.30. The number of amides is 1. The average molecular weight is 270 g/mol. The summed E-state index contributed by atoms with van der Waals surface area (Å²) in [5.74, 6) is -0.204. The van der Waals surface area contributed by atoms with E-state index in [1.807, 2.05) is 31.2 Å². The van der Waals surface area contributed by atoms with E-state index in [1.54, 1.807) is 0 Å². The fraction of sp³-hybridized carbons (Fsp3) is 0.214. The Kier molecular flexibility index (Phi) is 2.78. The lowest BCUT2D eigenvalue weighted by Gasteiger charge is -2.24. The average Bonchev–Trinajstić information content (AvgIpc) is 2.36. The van der Waals surface area contributed by atoms with Gasteiger partial charge in [-0.1, -0.05) is 29.8 Å². The molecule has 0 bridgehead atoms. The van der Waals surface area contributed by atoms with Gasteiger partial charge >= 0.3 is 0 Å². The summed E-state index contributed by atoms with van der Waals surface area (Å²) in [7, 11) is 0. The first-order chi connectivity index (χ1) is 9.54. The Hall–Kier alpha value is -2.63. The van der Waals surface area contributed by atoms with Crippen molar-refractivity contribution in [2.24, 2.45) is 0 Å². The maximum atomic E-state index is 12.1. The highest BCUT2D eigenvalue weighted by atomic mass is 16.2. The van der Waals surface area contributed by atoms with Gasteiger partial charge in [0.1, 0.15) is 5.82 Å². The molecule has 0 saturated carbocycles. The standard InChI is InChI=1S/C14H14N4O2/c1-7-3-2-4-8(5-7)9-6-10(19)16-12-11(9)13(20)18-14(15)17-12/h2-5,9H,6H2,1H3,(H4,15,16,17,18,19,20). The maximum absolute atomic E-state index is 12.1. The third-order valence-corrected chi connectivity index (χ3v) is 3.41. The van der Waals surface area contributed by atoms with Crippen molar-refractivity contribution >= 4 is 17.7 Å². The smallest absolute Gasteiger partial charge is 0.258 e. The Morgan fingerprint density at radius 2 is 2.15 bits per heavy atom. The third kappa shape index (κ3) is 2.05. The van der Waals surface area contributed by atoms with Crippen LogP contribution in [-0.4, -0.2) is 15.9 Å². The van der Waals surface area contributed by atoms with Crippen molar-refractivity contribution in [3.63, 3.8) is 0 Å². The second-order valence-electron chi connectivity index (χ2n) is 4.93. The van der Waals surface area contributed by atoms with Crippen LogP contribution in [0, 0.1) is 6.92 Å². The molecule has 20 heavy (non-hydrogen) atoms. The Labute approximate surface area is 115 Å². The van der Waals surface area contributed by atoms with Crippen LogP contribution in [0.5, 0.6) is 0 Å². The minimum atomic E-state index is -0.306. The molecule has 6 heteroatoms. The molecule has 0 aliphatic carbocycles.